The van der Waals surface area contributed by atoms with Crippen molar-refractivity contribution < 1.29 is 0 Å². The Balaban J connectivity index is 2.82. The molecular formula is C16H28N2S. The van der Waals surface area contributed by atoms with Crippen LogP contribution in [0.3, 0.4) is 0 Å². The molecule has 0 aromatic heterocycles. The lowest BCUT2D eigenvalue weighted by Gasteiger charge is -2.28. The molecule has 0 heterocycles. The van der Waals surface area contributed by atoms with Crippen LogP contribution in [0, 0.1) is 6.92 Å². The zero-order valence-electron chi connectivity index (χ0n) is 12.9. The summed E-state index contributed by atoms with van der Waals surface area (Å²) in [6.45, 7) is 6.61. The van der Waals surface area contributed by atoms with Crippen LogP contribution in [0.25, 0.3) is 0 Å². The summed E-state index contributed by atoms with van der Waals surface area (Å²) in [5, 5.41) is 0. The molecule has 0 amide bonds. The summed E-state index contributed by atoms with van der Waals surface area (Å²) in [7, 11) is 2.18. The number of aryl methyl sites for hydroxylation is 1. The van der Waals surface area contributed by atoms with Crippen LogP contribution in [-0.2, 0) is 6.42 Å². The van der Waals surface area contributed by atoms with Crippen LogP contribution in [-0.4, -0.2) is 31.1 Å². The van der Waals surface area contributed by atoms with E-state index < -0.39 is 0 Å². The van der Waals surface area contributed by atoms with Crippen LogP contribution in [0.15, 0.2) is 18.2 Å². The Morgan fingerprint density at radius 1 is 1.37 bits per heavy atom. The third-order valence-corrected chi connectivity index (χ3v) is 4.55. The molecule has 0 spiro atoms. The number of anilines is 1. The molecule has 0 aliphatic heterocycles. The maximum atomic E-state index is 6.03. The minimum atomic E-state index is 0.276. The summed E-state index contributed by atoms with van der Waals surface area (Å²) in [6, 6.07) is 7.58. The standard InChI is InChI=1S/C16H28N2S/c1-6-15(17)10-14-7-8-16(12(2)9-14)18(4)13(3)11-19-5/h7-9,13,15H,6,10-11,17H2,1-5H3. The fourth-order valence-electron chi connectivity index (χ4n) is 2.28. The van der Waals surface area contributed by atoms with Crippen LogP contribution >= 0.6 is 11.8 Å². The summed E-state index contributed by atoms with van der Waals surface area (Å²) in [6.07, 6.45) is 4.17. The number of hydrogen-bond donors (Lipinski definition) is 1. The van der Waals surface area contributed by atoms with E-state index in [1.807, 2.05) is 11.8 Å². The summed E-state index contributed by atoms with van der Waals surface area (Å²) in [5.41, 5.74) is 10.0. The van der Waals surface area contributed by atoms with Crippen LogP contribution in [0.1, 0.15) is 31.4 Å². The van der Waals surface area contributed by atoms with Gasteiger partial charge in [0.15, 0.2) is 0 Å². The van der Waals surface area contributed by atoms with Crippen LogP contribution in [0.5, 0.6) is 0 Å². The molecule has 1 aromatic rings. The molecule has 1 rings (SSSR count). The molecule has 0 bridgehead atoms. The van der Waals surface area contributed by atoms with Gasteiger partial charge in [-0.2, -0.15) is 11.8 Å². The number of rotatable bonds is 7. The lowest BCUT2D eigenvalue weighted by atomic mass is 10.0. The van der Waals surface area contributed by atoms with Crippen molar-refractivity contribution in [3.63, 3.8) is 0 Å². The smallest absolute Gasteiger partial charge is 0.0396 e. The highest BCUT2D eigenvalue weighted by Gasteiger charge is 2.12. The second-order valence-corrected chi connectivity index (χ2v) is 6.32. The number of benzene rings is 1. The number of nitrogens with two attached hydrogens (primary N) is 1. The zero-order chi connectivity index (χ0) is 14.4. The van der Waals surface area contributed by atoms with Gasteiger partial charge in [0.25, 0.3) is 0 Å². The van der Waals surface area contributed by atoms with E-state index in [0.29, 0.717) is 6.04 Å². The van der Waals surface area contributed by atoms with E-state index in [2.05, 4.69) is 57.2 Å². The van der Waals surface area contributed by atoms with Crippen molar-refractivity contribution in [2.24, 2.45) is 5.73 Å². The molecule has 2 atom stereocenters. The van der Waals surface area contributed by atoms with E-state index in [-0.39, 0.29) is 6.04 Å². The molecule has 3 heteroatoms. The molecule has 108 valence electrons. The maximum Gasteiger partial charge on any atom is 0.0396 e. The van der Waals surface area contributed by atoms with E-state index >= 15 is 0 Å². The Morgan fingerprint density at radius 2 is 2.05 bits per heavy atom. The van der Waals surface area contributed by atoms with Gasteiger partial charge in [0.2, 0.25) is 0 Å². The highest BCUT2D eigenvalue weighted by Crippen LogP contribution is 2.23. The van der Waals surface area contributed by atoms with Gasteiger partial charge in [-0.3, -0.25) is 0 Å². The first kappa shape index (κ1) is 16.4. The second kappa shape index (κ2) is 7.81. The predicted octanol–water partition coefficient (Wildman–Crippen LogP) is 3.46. The molecule has 0 fully saturated rings. The van der Waals surface area contributed by atoms with Crippen molar-refractivity contribution in [2.45, 2.75) is 45.7 Å². The lowest BCUT2D eigenvalue weighted by Crippen LogP contribution is -2.31. The van der Waals surface area contributed by atoms with E-state index in [0.717, 1.165) is 18.6 Å². The van der Waals surface area contributed by atoms with Gasteiger partial charge >= 0.3 is 0 Å². The SMILES string of the molecule is CCC(N)Cc1ccc(N(C)C(C)CSC)c(C)c1. The average Bonchev–Trinajstić information content (AvgIpc) is 2.38. The molecule has 0 aliphatic rings. The second-order valence-electron chi connectivity index (χ2n) is 5.41. The van der Waals surface area contributed by atoms with Crippen molar-refractivity contribution in [1.29, 1.82) is 0 Å². The quantitative estimate of drug-likeness (QED) is 0.829. The monoisotopic (exact) mass is 280 g/mol. The van der Waals surface area contributed by atoms with Gasteiger partial charge in [-0.1, -0.05) is 19.1 Å². The van der Waals surface area contributed by atoms with Gasteiger partial charge in [-0.05, 0) is 50.1 Å². The largest absolute Gasteiger partial charge is 0.371 e. The van der Waals surface area contributed by atoms with Gasteiger partial charge in [0.05, 0.1) is 0 Å². The van der Waals surface area contributed by atoms with Crippen LogP contribution in [0.4, 0.5) is 5.69 Å². The van der Waals surface area contributed by atoms with E-state index in [1.54, 1.807) is 0 Å². The molecule has 0 saturated heterocycles. The number of hydrogen-bond acceptors (Lipinski definition) is 3. The Bertz CT molecular complexity index is 392. The third kappa shape index (κ3) is 4.73. The van der Waals surface area contributed by atoms with Crippen molar-refractivity contribution >= 4 is 17.4 Å². The summed E-state index contributed by atoms with van der Waals surface area (Å²) in [5.74, 6) is 1.15. The lowest BCUT2D eigenvalue weighted by molar-refractivity contribution is 0.646. The van der Waals surface area contributed by atoms with Crippen molar-refractivity contribution in [1.82, 2.24) is 0 Å². The summed E-state index contributed by atoms with van der Waals surface area (Å²) in [4.78, 5) is 2.37. The van der Waals surface area contributed by atoms with E-state index in [1.165, 1.54) is 16.8 Å². The molecule has 2 N–H and O–H groups in total. The van der Waals surface area contributed by atoms with Crippen molar-refractivity contribution in [3.05, 3.63) is 29.3 Å². The molecule has 2 nitrogen and oxygen atoms in total. The fourth-order valence-corrected chi connectivity index (χ4v) is 2.98. The highest BCUT2D eigenvalue weighted by atomic mass is 32.2. The number of nitrogens with zero attached hydrogens (tertiary/aromatic N) is 1. The highest BCUT2D eigenvalue weighted by molar-refractivity contribution is 7.98. The minimum absolute atomic E-state index is 0.276. The Hall–Kier alpha value is -0.670. The van der Waals surface area contributed by atoms with Crippen LogP contribution < -0.4 is 10.6 Å². The molecular weight excluding hydrogens is 252 g/mol. The van der Waals surface area contributed by atoms with Gasteiger partial charge in [0.1, 0.15) is 0 Å². The molecule has 1 aromatic carbocycles. The first-order valence-electron chi connectivity index (χ1n) is 7.06. The fraction of sp³-hybridized carbons (Fsp3) is 0.625. The molecule has 0 saturated carbocycles. The third-order valence-electron chi connectivity index (χ3n) is 3.73. The van der Waals surface area contributed by atoms with E-state index in [4.69, 9.17) is 5.73 Å². The van der Waals surface area contributed by atoms with Gasteiger partial charge in [-0.15, -0.1) is 0 Å². The summed E-state index contributed by atoms with van der Waals surface area (Å²) < 4.78 is 0. The average molecular weight is 280 g/mol. The Kier molecular flexibility index (Phi) is 6.73. The first-order valence-corrected chi connectivity index (χ1v) is 8.45. The summed E-state index contributed by atoms with van der Waals surface area (Å²) >= 11 is 1.89. The predicted molar refractivity (Wildman–Crippen MR) is 89.4 cm³/mol. The number of thioether (sulfide) groups is 1. The van der Waals surface area contributed by atoms with E-state index in [9.17, 15) is 0 Å². The Labute approximate surface area is 122 Å². The Morgan fingerprint density at radius 3 is 2.58 bits per heavy atom. The normalized spacial score (nSPS) is 14.2. The maximum absolute atomic E-state index is 6.03. The van der Waals surface area contributed by atoms with Crippen LogP contribution in [0.2, 0.25) is 0 Å². The van der Waals surface area contributed by atoms with Gasteiger partial charge in [0, 0.05) is 30.6 Å². The molecule has 19 heavy (non-hydrogen) atoms. The van der Waals surface area contributed by atoms with Gasteiger partial charge in [-0.25, -0.2) is 0 Å². The van der Waals surface area contributed by atoms with Crippen molar-refractivity contribution in [3.8, 4) is 0 Å². The zero-order valence-corrected chi connectivity index (χ0v) is 13.8. The minimum Gasteiger partial charge on any atom is -0.371 e. The topological polar surface area (TPSA) is 29.3 Å². The molecule has 0 aliphatic carbocycles. The van der Waals surface area contributed by atoms with Gasteiger partial charge < -0.3 is 10.6 Å². The van der Waals surface area contributed by atoms with Crippen molar-refractivity contribution in [2.75, 3.05) is 24.0 Å². The first-order chi connectivity index (χ1) is 8.99. The molecule has 0 radical (unpaired) electrons. The molecule has 2 unspecified atom stereocenters.